The lowest BCUT2D eigenvalue weighted by molar-refractivity contribution is 0.109. The molecule has 2 aliphatic heterocycles. The fourth-order valence-corrected chi connectivity index (χ4v) is 9.05. The number of hydrogen-bond donors (Lipinski definition) is 4. The lowest BCUT2D eigenvalue weighted by Crippen LogP contribution is -2.57. The molecule has 8 heterocycles. The van der Waals surface area contributed by atoms with Crippen molar-refractivity contribution < 1.29 is 17.6 Å². The SMILES string of the molecule is FC1(c2cn[nH]n2)CN(c2nnc(-c3cnc(NC4Cc5ccc(Br)cc5C4)nc3)o2)C1.FC1(c2cn[nH]n2)CN(c2nnc(-c3cnc(NC4Cc5ccc(Br)cc5C4)nc3)o2)C1. The Kier molecular flexibility index (Phi) is 10.0. The Labute approximate surface area is 377 Å². The summed E-state index contributed by atoms with van der Waals surface area (Å²) in [6.45, 7) is 0.281. The van der Waals surface area contributed by atoms with Gasteiger partial charge in [0.2, 0.25) is 11.9 Å². The Morgan fingerprint density at radius 2 is 0.969 bits per heavy atom. The molecule has 64 heavy (non-hydrogen) atoms. The van der Waals surface area contributed by atoms with Crippen molar-refractivity contribution in [2.24, 2.45) is 0 Å². The zero-order chi connectivity index (χ0) is 43.4. The van der Waals surface area contributed by atoms with Crippen LogP contribution in [-0.4, -0.2) is 109 Å². The highest BCUT2D eigenvalue weighted by molar-refractivity contribution is 9.10. The van der Waals surface area contributed by atoms with Crippen LogP contribution in [0.25, 0.3) is 22.9 Å². The fourth-order valence-electron chi connectivity index (χ4n) is 8.24. The smallest absolute Gasteiger partial charge is 0.318 e. The maximum atomic E-state index is 14.8. The molecule has 2 aliphatic carbocycles. The van der Waals surface area contributed by atoms with E-state index in [4.69, 9.17) is 8.83 Å². The Bertz CT molecular complexity index is 2710. The van der Waals surface area contributed by atoms with Crippen LogP contribution in [0.5, 0.6) is 0 Å². The van der Waals surface area contributed by atoms with Crippen LogP contribution in [-0.2, 0) is 37.0 Å². The summed E-state index contributed by atoms with van der Waals surface area (Å²) in [5.41, 5.74) is 3.92. The molecule has 0 bridgehead atoms. The van der Waals surface area contributed by atoms with Crippen LogP contribution in [0.4, 0.5) is 32.7 Å². The summed E-state index contributed by atoms with van der Waals surface area (Å²) in [4.78, 5) is 20.9. The Balaban J connectivity index is 0.000000143. The number of rotatable bonds is 10. The van der Waals surface area contributed by atoms with Gasteiger partial charge in [0.25, 0.3) is 11.8 Å². The third-order valence-corrected chi connectivity index (χ3v) is 12.5. The largest absolute Gasteiger partial charge is 0.403 e. The molecule has 0 amide bonds. The van der Waals surface area contributed by atoms with E-state index in [0.29, 0.717) is 23.0 Å². The van der Waals surface area contributed by atoms with Gasteiger partial charge < -0.3 is 29.3 Å². The predicted octanol–water partition coefficient (Wildman–Crippen LogP) is 5.34. The number of nitrogens with zero attached hydrogens (tertiary/aromatic N) is 14. The van der Waals surface area contributed by atoms with Crippen LogP contribution in [0.15, 0.2) is 91.4 Å². The second kappa shape index (κ2) is 16.1. The Hall–Kier alpha value is -6.82. The van der Waals surface area contributed by atoms with Crippen molar-refractivity contribution >= 4 is 55.8 Å². The topological polar surface area (TPSA) is 243 Å². The highest BCUT2D eigenvalue weighted by Gasteiger charge is 2.50. The zero-order valence-electron chi connectivity index (χ0n) is 33.3. The van der Waals surface area contributed by atoms with E-state index >= 15 is 0 Å². The van der Waals surface area contributed by atoms with E-state index in [1.807, 2.05) is 0 Å². The van der Waals surface area contributed by atoms with E-state index in [-0.39, 0.29) is 73.5 Å². The summed E-state index contributed by atoms with van der Waals surface area (Å²) >= 11 is 7.04. The van der Waals surface area contributed by atoms with E-state index in [2.05, 4.69) is 150 Å². The molecule has 0 spiro atoms. The molecule has 0 saturated carbocycles. The first kappa shape index (κ1) is 40.0. The Morgan fingerprint density at radius 3 is 1.36 bits per heavy atom. The molecule has 0 radical (unpaired) electrons. The van der Waals surface area contributed by atoms with Crippen LogP contribution in [0.2, 0.25) is 0 Å². The van der Waals surface area contributed by atoms with Crippen LogP contribution in [0, 0.1) is 0 Å². The molecule has 2 atom stereocenters. The van der Waals surface area contributed by atoms with E-state index in [1.165, 1.54) is 34.6 Å². The minimum atomic E-state index is -1.58. The van der Waals surface area contributed by atoms with Crippen LogP contribution < -0.4 is 20.4 Å². The van der Waals surface area contributed by atoms with Gasteiger partial charge in [-0.2, -0.15) is 30.8 Å². The number of nitrogens with one attached hydrogen (secondary N) is 4. The third-order valence-electron chi connectivity index (χ3n) is 11.5. The summed E-state index contributed by atoms with van der Waals surface area (Å²) in [6, 6.07) is 13.7. The van der Waals surface area contributed by atoms with E-state index in [1.54, 1.807) is 34.6 Å². The molecule has 12 rings (SSSR count). The Morgan fingerprint density at radius 1 is 0.562 bits per heavy atom. The van der Waals surface area contributed by atoms with Crippen LogP contribution in [0.3, 0.4) is 0 Å². The minimum Gasteiger partial charge on any atom is -0.403 e. The van der Waals surface area contributed by atoms with Gasteiger partial charge >= 0.3 is 12.0 Å². The first-order valence-corrected chi connectivity index (χ1v) is 21.7. The van der Waals surface area contributed by atoms with Gasteiger partial charge in [0, 0.05) is 45.8 Å². The molecule has 2 aromatic carbocycles. The first-order valence-electron chi connectivity index (χ1n) is 20.1. The van der Waals surface area contributed by atoms with Gasteiger partial charge in [0.1, 0.15) is 11.4 Å². The zero-order valence-corrected chi connectivity index (χ0v) is 36.5. The molecule has 8 aromatic rings. The molecule has 24 heteroatoms. The van der Waals surface area contributed by atoms with Gasteiger partial charge in [-0.15, -0.1) is 10.2 Å². The fraction of sp³-hybridized carbons (Fsp3) is 0.300. The number of hydrogen-bond acceptors (Lipinski definition) is 18. The van der Waals surface area contributed by atoms with Crippen molar-refractivity contribution in [2.75, 3.05) is 46.6 Å². The summed E-state index contributed by atoms with van der Waals surface area (Å²) in [6.07, 6.45) is 13.0. The van der Waals surface area contributed by atoms with Crippen molar-refractivity contribution in [3.63, 3.8) is 0 Å². The van der Waals surface area contributed by atoms with E-state index in [0.717, 1.165) is 34.6 Å². The van der Waals surface area contributed by atoms with Gasteiger partial charge in [0.05, 0.1) is 49.7 Å². The van der Waals surface area contributed by atoms with E-state index in [9.17, 15) is 8.78 Å². The quantitative estimate of drug-likeness (QED) is 0.135. The van der Waals surface area contributed by atoms with Crippen LogP contribution >= 0.6 is 31.9 Å². The number of anilines is 4. The van der Waals surface area contributed by atoms with Crippen molar-refractivity contribution in [1.82, 2.24) is 71.2 Å². The average molecular weight is 997 g/mol. The highest BCUT2D eigenvalue weighted by atomic mass is 79.9. The number of fused-ring (bicyclic) bond motifs is 2. The lowest BCUT2D eigenvalue weighted by Gasteiger charge is -2.41. The molecular weight excluding hydrogens is 962 g/mol. The molecule has 4 aliphatic rings. The molecule has 2 unspecified atom stereocenters. The van der Waals surface area contributed by atoms with Gasteiger partial charge in [-0.05, 0) is 72.2 Å². The monoisotopic (exact) mass is 994 g/mol. The molecule has 6 aromatic heterocycles. The second-order valence-electron chi connectivity index (χ2n) is 16.0. The standard InChI is InChI=1S/2C20H17BrFN9O/c2*21-14-2-1-11-4-15(5-12(11)3-14)26-18-23-6-13(7-24-18)17-28-29-19(32-17)31-9-20(22,10-31)16-8-25-30-27-16/h2*1-3,6-8,15H,4-5,9-10H2,(H,23,24,26)(H,25,27,30). The maximum Gasteiger partial charge on any atom is 0.318 e. The number of halogens is 4. The van der Waals surface area contributed by atoms with Crippen molar-refractivity contribution in [3.8, 4) is 22.9 Å². The summed E-state index contributed by atoms with van der Waals surface area (Å²) in [5.74, 6) is 1.65. The number of aromatic amines is 2. The molecule has 324 valence electrons. The van der Waals surface area contributed by atoms with Gasteiger partial charge in [0.15, 0.2) is 11.3 Å². The molecule has 20 nitrogen and oxygen atoms in total. The highest BCUT2D eigenvalue weighted by Crippen LogP contribution is 2.39. The lowest BCUT2D eigenvalue weighted by atomic mass is 9.94. The van der Waals surface area contributed by atoms with Gasteiger partial charge in [-0.25, -0.2) is 28.7 Å². The van der Waals surface area contributed by atoms with E-state index < -0.39 is 11.3 Å². The number of benzene rings is 2. The van der Waals surface area contributed by atoms with Crippen molar-refractivity contribution in [2.45, 2.75) is 49.1 Å². The van der Waals surface area contributed by atoms with Gasteiger partial charge in [-0.3, -0.25) is 0 Å². The molecule has 2 saturated heterocycles. The number of H-pyrrole nitrogens is 2. The second-order valence-corrected chi connectivity index (χ2v) is 17.9. The number of alkyl halides is 2. The predicted molar refractivity (Wildman–Crippen MR) is 231 cm³/mol. The molecular formula is C40H34Br2F2N18O2. The number of aromatic nitrogens is 14. The molecule has 2 fully saturated rings. The summed E-state index contributed by atoms with van der Waals surface area (Å²) in [5, 5.41) is 42.7. The average Bonchev–Trinajstić information content (AvgIpc) is 4.13. The minimum absolute atomic E-state index is 0.0703. The molecule has 4 N–H and O–H groups in total. The summed E-state index contributed by atoms with van der Waals surface area (Å²) in [7, 11) is 0. The van der Waals surface area contributed by atoms with Crippen molar-refractivity contribution in [1.29, 1.82) is 0 Å². The summed E-state index contributed by atoms with van der Waals surface area (Å²) < 4.78 is 43.1. The van der Waals surface area contributed by atoms with Crippen LogP contribution in [0.1, 0.15) is 33.6 Å². The first-order chi connectivity index (χ1) is 31.1. The maximum absolute atomic E-state index is 14.8. The van der Waals surface area contributed by atoms with Crippen molar-refractivity contribution in [3.05, 3.63) is 116 Å². The third kappa shape index (κ3) is 7.90. The normalized spacial score (nSPS) is 18.9. The van der Waals surface area contributed by atoms with Gasteiger partial charge in [-0.1, -0.05) is 54.2 Å².